The third-order valence-electron chi connectivity index (χ3n) is 2.62. The van der Waals surface area contributed by atoms with Crippen LogP contribution in [0.25, 0.3) is 0 Å². The van der Waals surface area contributed by atoms with Crippen LogP contribution < -0.4 is 4.74 Å². The minimum absolute atomic E-state index is 0.0238. The molecule has 104 valence electrons. The highest BCUT2D eigenvalue weighted by atomic mass is 32.2. The van der Waals surface area contributed by atoms with Gasteiger partial charge in [0.15, 0.2) is 0 Å². The van der Waals surface area contributed by atoms with Gasteiger partial charge in [0.25, 0.3) is 0 Å². The fourth-order valence-electron chi connectivity index (χ4n) is 1.76. The highest BCUT2D eigenvalue weighted by molar-refractivity contribution is 7.99. The number of hydrogen-bond acceptors (Lipinski definition) is 3. The molecule has 0 heterocycles. The van der Waals surface area contributed by atoms with Gasteiger partial charge in [0.2, 0.25) is 0 Å². The van der Waals surface area contributed by atoms with Crippen molar-refractivity contribution in [3.8, 4) is 5.75 Å². The molecule has 0 aliphatic carbocycles. The molecule has 2 aromatic carbocycles. The highest BCUT2D eigenvalue weighted by Gasteiger charge is 2.02. The van der Waals surface area contributed by atoms with Crippen molar-refractivity contribution in [2.45, 2.75) is 11.3 Å². The molecular formula is C16H16O3S. The van der Waals surface area contributed by atoms with E-state index in [9.17, 15) is 4.79 Å². The summed E-state index contributed by atoms with van der Waals surface area (Å²) in [5.41, 5.74) is 0.755. The molecule has 4 heteroatoms. The molecule has 3 nitrogen and oxygen atoms in total. The van der Waals surface area contributed by atoms with E-state index < -0.39 is 5.97 Å². The van der Waals surface area contributed by atoms with Gasteiger partial charge in [-0.15, -0.1) is 11.8 Å². The van der Waals surface area contributed by atoms with E-state index in [1.807, 2.05) is 30.3 Å². The van der Waals surface area contributed by atoms with Crippen LogP contribution in [0.3, 0.4) is 0 Å². The molecular weight excluding hydrogens is 272 g/mol. The highest BCUT2D eigenvalue weighted by Crippen LogP contribution is 2.18. The Labute approximate surface area is 122 Å². The second-order valence-electron chi connectivity index (χ2n) is 4.23. The minimum atomic E-state index is -0.832. The maximum atomic E-state index is 10.7. The number of ether oxygens (including phenoxy) is 1. The normalized spacial score (nSPS) is 10.2. The lowest BCUT2D eigenvalue weighted by Crippen LogP contribution is -2.02. The lowest BCUT2D eigenvalue weighted by atomic mass is 10.1. The van der Waals surface area contributed by atoms with Gasteiger partial charge in [-0.2, -0.15) is 0 Å². The molecule has 0 aliphatic heterocycles. The van der Waals surface area contributed by atoms with Crippen LogP contribution in [0, 0.1) is 0 Å². The average molecular weight is 288 g/mol. The molecule has 0 saturated heterocycles. The molecule has 0 amide bonds. The van der Waals surface area contributed by atoms with E-state index in [1.165, 1.54) is 4.90 Å². The molecule has 1 N–H and O–H groups in total. The van der Waals surface area contributed by atoms with Gasteiger partial charge < -0.3 is 9.84 Å². The summed E-state index contributed by atoms with van der Waals surface area (Å²) in [6.07, 6.45) is 0.0238. The van der Waals surface area contributed by atoms with Crippen LogP contribution in [0.5, 0.6) is 5.75 Å². The van der Waals surface area contributed by atoms with E-state index in [2.05, 4.69) is 12.1 Å². The van der Waals surface area contributed by atoms with Crippen LogP contribution >= 0.6 is 11.8 Å². The first-order valence-electron chi connectivity index (χ1n) is 6.35. The topological polar surface area (TPSA) is 46.5 Å². The summed E-state index contributed by atoms with van der Waals surface area (Å²) in [5, 5.41) is 8.75. The van der Waals surface area contributed by atoms with Gasteiger partial charge in [-0.05, 0) is 29.8 Å². The molecule has 0 bridgehead atoms. The van der Waals surface area contributed by atoms with Crippen LogP contribution in [-0.4, -0.2) is 23.4 Å². The first-order chi connectivity index (χ1) is 9.74. The third-order valence-corrected chi connectivity index (χ3v) is 3.59. The Morgan fingerprint density at radius 1 is 1.10 bits per heavy atom. The van der Waals surface area contributed by atoms with Gasteiger partial charge in [-0.3, -0.25) is 4.79 Å². The van der Waals surface area contributed by atoms with Crippen LogP contribution in [0.2, 0.25) is 0 Å². The summed E-state index contributed by atoms with van der Waals surface area (Å²) in [7, 11) is 0. The van der Waals surface area contributed by atoms with E-state index in [4.69, 9.17) is 9.84 Å². The molecule has 20 heavy (non-hydrogen) atoms. The van der Waals surface area contributed by atoms with Crippen LogP contribution in [0.15, 0.2) is 59.5 Å². The van der Waals surface area contributed by atoms with E-state index in [-0.39, 0.29) is 6.42 Å². The number of carboxylic acid groups (broad SMARTS) is 1. The van der Waals surface area contributed by atoms with Crippen LogP contribution in [-0.2, 0) is 11.2 Å². The second-order valence-corrected chi connectivity index (χ2v) is 5.40. The average Bonchev–Trinajstić information content (AvgIpc) is 2.44. The standard InChI is InChI=1S/C16H16O3S/c17-16(18)12-13-5-4-6-14(11-13)19-9-10-20-15-7-2-1-3-8-15/h1-8,11H,9-10,12H2,(H,17,18). The minimum Gasteiger partial charge on any atom is -0.493 e. The van der Waals surface area contributed by atoms with Crippen molar-refractivity contribution in [3.63, 3.8) is 0 Å². The summed E-state index contributed by atoms with van der Waals surface area (Å²) < 4.78 is 5.64. The lowest BCUT2D eigenvalue weighted by molar-refractivity contribution is -0.136. The van der Waals surface area contributed by atoms with E-state index in [1.54, 1.807) is 23.9 Å². The molecule has 0 aliphatic rings. The number of aliphatic carboxylic acids is 1. The van der Waals surface area contributed by atoms with Crippen molar-refractivity contribution in [2.24, 2.45) is 0 Å². The van der Waals surface area contributed by atoms with Crippen molar-refractivity contribution in [2.75, 3.05) is 12.4 Å². The van der Waals surface area contributed by atoms with Crippen molar-refractivity contribution in [1.29, 1.82) is 0 Å². The Morgan fingerprint density at radius 3 is 2.65 bits per heavy atom. The molecule has 0 aromatic heterocycles. The summed E-state index contributed by atoms with van der Waals surface area (Å²) in [6.45, 7) is 0.593. The lowest BCUT2D eigenvalue weighted by Gasteiger charge is -2.07. The SMILES string of the molecule is O=C(O)Cc1cccc(OCCSc2ccccc2)c1. The Kier molecular flexibility index (Phi) is 5.50. The number of benzene rings is 2. The zero-order valence-corrected chi connectivity index (χ0v) is 11.8. The van der Waals surface area contributed by atoms with Gasteiger partial charge in [-0.1, -0.05) is 30.3 Å². The fourth-order valence-corrected chi connectivity index (χ4v) is 2.51. The van der Waals surface area contributed by atoms with Crippen molar-refractivity contribution < 1.29 is 14.6 Å². The number of carboxylic acids is 1. The summed E-state index contributed by atoms with van der Waals surface area (Å²) in [5.74, 6) is 0.742. The van der Waals surface area contributed by atoms with Crippen molar-refractivity contribution in [3.05, 3.63) is 60.2 Å². The van der Waals surface area contributed by atoms with E-state index in [0.29, 0.717) is 6.61 Å². The third kappa shape index (κ3) is 4.97. The zero-order chi connectivity index (χ0) is 14.2. The summed E-state index contributed by atoms with van der Waals surface area (Å²) >= 11 is 1.74. The largest absolute Gasteiger partial charge is 0.493 e. The molecule has 0 saturated carbocycles. The molecule has 0 fully saturated rings. The number of rotatable bonds is 7. The van der Waals surface area contributed by atoms with E-state index >= 15 is 0 Å². The van der Waals surface area contributed by atoms with Gasteiger partial charge in [0.1, 0.15) is 5.75 Å². The Bertz CT molecular complexity index is 555. The van der Waals surface area contributed by atoms with Gasteiger partial charge in [0.05, 0.1) is 13.0 Å². The smallest absolute Gasteiger partial charge is 0.307 e. The molecule has 2 rings (SSSR count). The van der Waals surface area contributed by atoms with Gasteiger partial charge in [0, 0.05) is 10.6 Å². The molecule has 2 aromatic rings. The number of carbonyl (C=O) groups is 1. The first kappa shape index (κ1) is 14.5. The van der Waals surface area contributed by atoms with Crippen molar-refractivity contribution in [1.82, 2.24) is 0 Å². The van der Waals surface area contributed by atoms with Crippen LogP contribution in [0.1, 0.15) is 5.56 Å². The first-order valence-corrected chi connectivity index (χ1v) is 7.34. The zero-order valence-electron chi connectivity index (χ0n) is 11.0. The summed E-state index contributed by atoms with van der Waals surface area (Å²) in [6, 6.07) is 17.4. The fraction of sp³-hybridized carbons (Fsp3) is 0.188. The quantitative estimate of drug-likeness (QED) is 0.626. The Morgan fingerprint density at radius 2 is 1.90 bits per heavy atom. The predicted octanol–water partition coefficient (Wildman–Crippen LogP) is 3.48. The summed E-state index contributed by atoms with van der Waals surface area (Å²) in [4.78, 5) is 11.9. The van der Waals surface area contributed by atoms with Crippen LogP contribution in [0.4, 0.5) is 0 Å². The van der Waals surface area contributed by atoms with Crippen molar-refractivity contribution >= 4 is 17.7 Å². The molecule has 0 unspecified atom stereocenters. The molecule has 0 atom stereocenters. The number of thioether (sulfide) groups is 1. The Balaban J connectivity index is 1.78. The number of hydrogen-bond donors (Lipinski definition) is 1. The molecule has 0 spiro atoms. The Hall–Kier alpha value is -1.94. The van der Waals surface area contributed by atoms with E-state index in [0.717, 1.165) is 17.1 Å². The van der Waals surface area contributed by atoms with Gasteiger partial charge in [-0.25, -0.2) is 0 Å². The second kappa shape index (κ2) is 7.60. The maximum absolute atomic E-state index is 10.7. The molecule has 0 radical (unpaired) electrons. The monoisotopic (exact) mass is 288 g/mol. The maximum Gasteiger partial charge on any atom is 0.307 e. The predicted molar refractivity (Wildman–Crippen MR) is 80.4 cm³/mol. The van der Waals surface area contributed by atoms with Gasteiger partial charge >= 0.3 is 5.97 Å².